The van der Waals surface area contributed by atoms with Crippen LogP contribution in [0.1, 0.15) is 30.5 Å². The van der Waals surface area contributed by atoms with E-state index in [0.717, 1.165) is 20.3 Å². The molecule has 0 heterocycles. The molecule has 1 atom stereocenters. The van der Waals surface area contributed by atoms with E-state index in [4.69, 9.17) is 23.2 Å². The second kappa shape index (κ2) is 15.9. The van der Waals surface area contributed by atoms with E-state index < -0.39 is 28.5 Å². The molecule has 0 unspecified atom stereocenters. The summed E-state index contributed by atoms with van der Waals surface area (Å²) in [6, 6.07) is 26.6. The molecule has 0 aromatic heterocycles. The van der Waals surface area contributed by atoms with Crippen LogP contribution in [0.3, 0.4) is 0 Å². The van der Waals surface area contributed by atoms with Crippen LogP contribution in [0.4, 0.5) is 5.69 Å². The summed E-state index contributed by atoms with van der Waals surface area (Å²) >= 11 is 14.6. The average Bonchev–Trinajstić information content (AvgIpc) is 3.03. The number of carbonyl (C=O) groups excluding carboxylic acids is 2. The highest BCUT2D eigenvalue weighted by Gasteiger charge is 2.35. The lowest BCUT2D eigenvalue weighted by atomic mass is 10.0. The minimum absolute atomic E-state index is 0.0396. The van der Waals surface area contributed by atoms with Gasteiger partial charge in [0.1, 0.15) is 12.6 Å². The molecule has 0 saturated heterocycles. The molecule has 0 aliphatic heterocycles. The quantitative estimate of drug-likeness (QED) is 0.147. The van der Waals surface area contributed by atoms with Crippen LogP contribution in [0.2, 0.25) is 10.0 Å². The molecule has 0 aliphatic rings. The van der Waals surface area contributed by atoms with Gasteiger partial charge in [0.15, 0.2) is 0 Å². The van der Waals surface area contributed by atoms with Crippen molar-refractivity contribution in [1.82, 2.24) is 10.2 Å². The number of halogens is 2. The van der Waals surface area contributed by atoms with Crippen LogP contribution in [0, 0.1) is 6.92 Å². The standard InChI is InChI=1S/C35H37Cl2N3O4S2/c1-24(2)38-35(42)33(21-26-9-6-5-7-10-26)39(22-30-31(36)11-8-12-32(30)37)34(41)23-40(27-15-13-25(3)14-16-27)46(43,44)29-19-17-28(45-4)18-20-29/h5-20,24,33H,21-23H2,1-4H3,(H,38,42)/t33-/m0/s1. The summed E-state index contributed by atoms with van der Waals surface area (Å²) < 4.78 is 29.5. The highest BCUT2D eigenvalue weighted by atomic mass is 35.5. The van der Waals surface area contributed by atoms with Crippen molar-refractivity contribution in [2.45, 2.75) is 55.6 Å². The van der Waals surface area contributed by atoms with E-state index in [1.54, 1.807) is 54.6 Å². The fourth-order valence-corrected chi connectivity index (χ4v) is 7.24. The van der Waals surface area contributed by atoms with E-state index in [1.165, 1.54) is 28.8 Å². The van der Waals surface area contributed by atoms with Gasteiger partial charge in [0.25, 0.3) is 10.0 Å². The van der Waals surface area contributed by atoms with Crippen molar-refractivity contribution < 1.29 is 18.0 Å². The highest BCUT2D eigenvalue weighted by molar-refractivity contribution is 7.98. The molecule has 4 aromatic carbocycles. The molecular formula is C35H37Cl2N3O4S2. The Kier molecular flexibility index (Phi) is 12.2. The van der Waals surface area contributed by atoms with E-state index in [9.17, 15) is 18.0 Å². The van der Waals surface area contributed by atoms with Gasteiger partial charge in [0.05, 0.1) is 10.6 Å². The number of amides is 2. The van der Waals surface area contributed by atoms with Crippen molar-refractivity contribution in [3.8, 4) is 0 Å². The summed E-state index contributed by atoms with van der Waals surface area (Å²) in [5.74, 6) is -0.978. The molecule has 2 amide bonds. The monoisotopic (exact) mass is 697 g/mol. The number of carbonyl (C=O) groups is 2. The zero-order valence-corrected chi connectivity index (χ0v) is 29.3. The Morgan fingerprint density at radius 3 is 2.02 bits per heavy atom. The highest BCUT2D eigenvalue weighted by Crippen LogP contribution is 2.29. The summed E-state index contributed by atoms with van der Waals surface area (Å²) in [7, 11) is -4.21. The molecule has 0 aliphatic carbocycles. The molecule has 0 radical (unpaired) electrons. The van der Waals surface area contributed by atoms with Gasteiger partial charge in [0.2, 0.25) is 11.8 Å². The SMILES string of the molecule is CSc1ccc(S(=O)(=O)N(CC(=O)N(Cc2c(Cl)cccc2Cl)[C@@H](Cc2ccccc2)C(=O)NC(C)C)c2ccc(C)cc2)cc1. The molecule has 4 aromatic rings. The summed E-state index contributed by atoms with van der Waals surface area (Å²) in [6.07, 6.45) is 2.09. The number of sulfonamides is 1. The van der Waals surface area contributed by atoms with Crippen molar-refractivity contribution in [3.05, 3.63) is 124 Å². The number of hydrogen-bond donors (Lipinski definition) is 1. The van der Waals surface area contributed by atoms with E-state index in [1.807, 2.05) is 57.4 Å². The molecule has 242 valence electrons. The van der Waals surface area contributed by atoms with Gasteiger partial charge in [-0.3, -0.25) is 13.9 Å². The third kappa shape index (κ3) is 8.85. The Labute approximate surface area is 286 Å². The Balaban J connectivity index is 1.83. The van der Waals surface area contributed by atoms with Crippen LogP contribution < -0.4 is 9.62 Å². The Morgan fingerprint density at radius 1 is 0.848 bits per heavy atom. The van der Waals surface area contributed by atoms with Gasteiger partial charge in [-0.1, -0.05) is 77.3 Å². The van der Waals surface area contributed by atoms with E-state index >= 15 is 0 Å². The van der Waals surface area contributed by atoms with Gasteiger partial charge >= 0.3 is 0 Å². The number of rotatable bonds is 13. The van der Waals surface area contributed by atoms with Crippen LogP contribution in [-0.2, 0) is 32.6 Å². The lowest BCUT2D eigenvalue weighted by Gasteiger charge is -2.34. The topological polar surface area (TPSA) is 86.8 Å². The molecular weight excluding hydrogens is 661 g/mol. The lowest BCUT2D eigenvalue weighted by molar-refractivity contribution is -0.140. The lowest BCUT2D eigenvalue weighted by Crippen LogP contribution is -2.54. The van der Waals surface area contributed by atoms with Gasteiger partial charge in [-0.2, -0.15) is 0 Å². The molecule has 7 nitrogen and oxygen atoms in total. The summed E-state index contributed by atoms with van der Waals surface area (Å²) in [5, 5.41) is 3.59. The summed E-state index contributed by atoms with van der Waals surface area (Å²) in [4.78, 5) is 30.7. The number of aryl methyl sites for hydroxylation is 1. The predicted molar refractivity (Wildman–Crippen MR) is 188 cm³/mol. The normalized spacial score (nSPS) is 12.1. The number of nitrogens with zero attached hydrogens (tertiary/aromatic N) is 2. The van der Waals surface area contributed by atoms with Crippen LogP contribution >= 0.6 is 35.0 Å². The van der Waals surface area contributed by atoms with Gasteiger partial charge in [-0.05, 0) is 81.1 Å². The number of thioether (sulfide) groups is 1. The maximum Gasteiger partial charge on any atom is 0.264 e. The Morgan fingerprint density at radius 2 is 1.46 bits per heavy atom. The van der Waals surface area contributed by atoms with Crippen molar-refractivity contribution in [2.75, 3.05) is 17.1 Å². The van der Waals surface area contributed by atoms with Gasteiger partial charge in [0, 0.05) is 39.5 Å². The molecule has 46 heavy (non-hydrogen) atoms. The van der Waals surface area contributed by atoms with E-state index in [-0.39, 0.29) is 29.8 Å². The first-order valence-corrected chi connectivity index (χ1v) is 18.1. The minimum Gasteiger partial charge on any atom is -0.352 e. The van der Waals surface area contributed by atoms with Gasteiger partial charge in [-0.15, -0.1) is 11.8 Å². The fourth-order valence-electron chi connectivity index (χ4n) is 4.90. The first-order valence-electron chi connectivity index (χ1n) is 14.7. The smallest absolute Gasteiger partial charge is 0.264 e. The second-order valence-electron chi connectivity index (χ2n) is 11.1. The summed E-state index contributed by atoms with van der Waals surface area (Å²) in [6.45, 7) is 4.87. The van der Waals surface area contributed by atoms with Gasteiger partial charge < -0.3 is 10.2 Å². The number of anilines is 1. The largest absolute Gasteiger partial charge is 0.352 e. The second-order valence-corrected chi connectivity index (χ2v) is 14.7. The van der Waals surface area contributed by atoms with E-state index in [0.29, 0.717) is 21.3 Å². The maximum atomic E-state index is 14.6. The summed E-state index contributed by atoms with van der Waals surface area (Å²) in [5.41, 5.74) is 2.52. The molecule has 4 rings (SSSR count). The van der Waals surface area contributed by atoms with Crippen molar-refractivity contribution in [1.29, 1.82) is 0 Å². The van der Waals surface area contributed by atoms with Crippen molar-refractivity contribution in [3.63, 3.8) is 0 Å². The zero-order chi connectivity index (χ0) is 33.4. The third-order valence-corrected chi connectivity index (χ3v) is 10.6. The average molecular weight is 699 g/mol. The predicted octanol–water partition coefficient (Wildman–Crippen LogP) is 7.38. The number of hydrogen-bond acceptors (Lipinski definition) is 5. The fraction of sp³-hybridized carbons (Fsp3) is 0.257. The zero-order valence-electron chi connectivity index (χ0n) is 26.1. The van der Waals surface area contributed by atoms with E-state index in [2.05, 4.69) is 5.32 Å². The Bertz CT molecular complexity index is 1730. The molecule has 0 bridgehead atoms. The minimum atomic E-state index is -4.21. The van der Waals surface area contributed by atoms with Crippen molar-refractivity contribution >= 4 is 62.5 Å². The van der Waals surface area contributed by atoms with Crippen LogP contribution in [0.15, 0.2) is 107 Å². The maximum absolute atomic E-state index is 14.6. The molecule has 1 N–H and O–H groups in total. The first-order chi connectivity index (χ1) is 21.9. The first kappa shape index (κ1) is 35.4. The van der Waals surface area contributed by atoms with Crippen molar-refractivity contribution in [2.24, 2.45) is 0 Å². The molecule has 11 heteroatoms. The molecule has 0 saturated carbocycles. The van der Waals surface area contributed by atoms with Gasteiger partial charge in [-0.25, -0.2) is 8.42 Å². The van der Waals surface area contributed by atoms with Crippen LogP contribution in [-0.4, -0.2) is 50.0 Å². The third-order valence-electron chi connectivity index (χ3n) is 7.34. The molecule has 0 fully saturated rings. The number of nitrogens with one attached hydrogen (secondary N) is 1. The van der Waals surface area contributed by atoms with Crippen LogP contribution in [0.5, 0.6) is 0 Å². The number of benzene rings is 4. The Hall–Kier alpha value is -3.50. The molecule has 0 spiro atoms. The van der Waals surface area contributed by atoms with Crippen LogP contribution in [0.25, 0.3) is 0 Å².